The summed E-state index contributed by atoms with van der Waals surface area (Å²) >= 11 is 0. The highest BCUT2D eigenvalue weighted by atomic mass is 16.1. The number of rotatable bonds is 6. The second kappa shape index (κ2) is 8.23. The Balaban J connectivity index is 1.41. The molecule has 0 fully saturated rings. The maximum Gasteiger partial charge on any atom is 0.224 e. The third-order valence-electron chi connectivity index (χ3n) is 5.18. The van der Waals surface area contributed by atoms with Crippen molar-refractivity contribution in [2.45, 2.75) is 32.1 Å². The molecule has 4 nitrogen and oxygen atoms in total. The molecule has 138 valence electrons. The smallest absolute Gasteiger partial charge is 0.224 e. The Labute approximate surface area is 160 Å². The van der Waals surface area contributed by atoms with Gasteiger partial charge in [0.15, 0.2) is 0 Å². The van der Waals surface area contributed by atoms with E-state index in [2.05, 4.69) is 57.4 Å². The molecular weight excluding hydrogens is 334 g/mol. The van der Waals surface area contributed by atoms with Crippen molar-refractivity contribution in [2.75, 3.05) is 6.54 Å². The largest absolute Gasteiger partial charge is 0.354 e. The summed E-state index contributed by atoms with van der Waals surface area (Å²) in [5, 5.41) is 3.15. The van der Waals surface area contributed by atoms with Crippen molar-refractivity contribution in [1.29, 1.82) is 0 Å². The van der Waals surface area contributed by atoms with E-state index in [1.807, 2.05) is 36.4 Å². The van der Waals surface area contributed by atoms with Crippen LogP contribution in [0.4, 0.5) is 0 Å². The van der Waals surface area contributed by atoms with Crippen LogP contribution in [0.25, 0.3) is 0 Å². The summed E-state index contributed by atoms with van der Waals surface area (Å²) in [4.78, 5) is 14.8. The van der Waals surface area contributed by atoms with Crippen molar-refractivity contribution in [2.24, 2.45) is 0 Å². The Morgan fingerprint density at radius 2 is 1.63 bits per heavy atom. The fourth-order valence-corrected chi connectivity index (χ4v) is 3.72. The summed E-state index contributed by atoms with van der Waals surface area (Å²) in [5.41, 5.74) is 3.68. The van der Waals surface area contributed by atoms with Crippen molar-refractivity contribution in [3.63, 3.8) is 0 Å². The molecule has 1 N–H and O–H groups in total. The van der Waals surface area contributed by atoms with Gasteiger partial charge < -0.3 is 9.88 Å². The zero-order valence-corrected chi connectivity index (χ0v) is 15.4. The van der Waals surface area contributed by atoms with Gasteiger partial charge in [-0.3, -0.25) is 9.69 Å². The normalized spacial score (nSPS) is 16.7. The van der Waals surface area contributed by atoms with E-state index in [1.54, 1.807) is 0 Å². The molecule has 0 spiro atoms. The lowest BCUT2D eigenvalue weighted by atomic mass is 10.1. The van der Waals surface area contributed by atoms with Crippen LogP contribution in [0, 0.1) is 0 Å². The molecule has 4 heteroatoms. The molecule has 0 saturated heterocycles. The molecular formula is C23H25N3O. The number of amides is 1. The molecule has 1 aliphatic rings. The first-order valence-corrected chi connectivity index (χ1v) is 9.50. The minimum Gasteiger partial charge on any atom is -0.354 e. The van der Waals surface area contributed by atoms with Gasteiger partial charge in [-0.15, -0.1) is 0 Å². The van der Waals surface area contributed by atoms with E-state index in [1.165, 1.54) is 11.3 Å². The van der Waals surface area contributed by atoms with Gasteiger partial charge in [0.2, 0.25) is 5.91 Å². The number of fused-ring (bicyclic) bond motifs is 1. The SMILES string of the molecule is O=C(Cc1ccccc1)NCC1Cn2cccc2CN1Cc1ccccc1. The lowest BCUT2D eigenvalue weighted by Crippen LogP contribution is -2.48. The Morgan fingerprint density at radius 3 is 2.37 bits per heavy atom. The quantitative estimate of drug-likeness (QED) is 0.734. The average molecular weight is 359 g/mol. The minimum atomic E-state index is 0.0826. The van der Waals surface area contributed by atoms with E-state index in [0.29, 0.717) is 13.0 Å². The van der Waals surface area contributed by atoms with Crippen molar-refractivity contribution in [3.8, 4) is 0 Å². The monoisotopic (exact) mass is 359 g/mol. The summed E-state index contributed by atoms with van der Waals surface area (Å²) in [6, 6.07) is 25.0. The summed E-state index contributed by atoms with van der Waals surface area (Å²) < 4.78 is 2.30. The fourth-order valence-electron chi connectivity index (χ4n) is 3.72. The van der Waals surface area contributed by atoms with Gasteiger partial charge in [0, 0.05) is 44.1 Å². The molecule has 1 unspecified atom stereocenters. The first kappa shape index (κ1) is 17.6. The van der Waals surface area contributed by atoms with Crippen LogP contribution in [0.1, 0.15) is 16.8 Å². The Hall–Kier alpha value is -2.85. The predicted octanol–water partition coefficient (Wildman–Crippen LogP) is 3.23. The third kappa shape index (κ3) is 4.47. The van der Waals surface area contributed by atoms with Gasteiger partial charge in [-0.1, -0.05) is 60.7 Å². The van der Waals surface area contributed by atoms with Crippen LogP contribution in [0.5, 0.6) is 0 Å². The minimum absolute atomic E-state index is 0.0826. The third-order valence-corrected chi connectivity index (χ3v) is 5.18. The number of nitrogens with zero attached hydrogens (tertiary/aromatic N) is 2. The van der Waals surface area contributed by atoms with Crippen LogP contribution in [-0.4, -0.2) is 28.0 Å². The molecule has 27 heavy (non-hydrogen) atoms. The molecule has 2 heterocycles. The molecule has 1 aliphatic heterocycles. The Morgan fingerprint density at radius 1 is 0.926 bits per heavy atom. The zero-order chi connectivity index (χ0) is 18.5. The number of hydrogen-bond acceptors (Lipinski definition) is 2. The Bertz CT molecular complexity index is 873. The molecule has 3 aromatic rings. The molecule has 0 saturated carbocycles. The predicted molar refractivity (Wildman–Crippen MR) is 107 cm³/mol. The first-order chi connectivity index (χ1) is 13.3. The Kier molecular flexibility index (Phi) is 5.35. The number of benzene rings is 2. The second-order valence-corrected chi connectivity index (χ2v) is 7.16. The van der Waals surface area contributed by atoms with Crippen LogP contribution < -0.4 is 5.32 Å². The molecule has 2 aromatic carbocycles. The lowest BCUT2D eigenvalue weighted by Gasteiger charge is -2.37. The van der Waals surface area contributed by atoms with Crippen LogP contribution in [-0.2, 0) is 30.8 Å². The van der Waals surface area contributed by atoms with Gasteiger partial charge in [0.05, 0.1) is 6.42 Å². The molecule has 4 rings (SSSR count). The molecule has 0 bridgehead atoms. The van der Waals surface area contributed by atoms with Crippen LogP contribution in [0.3, 0.4) is 0 Å². The van der Waals surface area contributed by atoms with Crippen LogP contribution in [0.15, 0.2) is 79.0 Å². The van der Waals surface area contributed by atoms with E-state index in [0.717, 1.165) is 25.2 Å². The molecule has 0 aliphatic carbocycles. The van der Waals surface area contributed by atoms with Crippen LogP contribution >= 0.6 is 0 Å². The van der Waals surface area contributed by atoms with E-state index in [-0.39, 0.29) is 11.9 Å². The van der Waals surface area contributed by atoms with Crippen molar-refractivity contribution >= 4 is 5.91 Å². The highest BCUT2D eigenvalue weighted by Crippen LogP contribution is 2.20. The van der Waals surface area contributed by atoms with E-state index in [4.69, 9.17) is 0 Å². The van der Waals surface area contributed by atoms with Gasteiger partial charge in [-0.05, 0) is 23.3 Å². The van der Waals surface area contributed by atoms with Gasteiger partial charge in [0.25, 0.3) is 0 Å². The van der Waals surface area contributed by atoms with Gasteiger partial charge >= 0.3 is 0 Å². The van der Waals surface area contributed by atoms with Crippen molar-refractivity contribution < 1.29 is 4.79 Å². The lowest BCUT2D eigenvalue weighted by molar-refractivity contribution is -0.120. The van der Waals surface area contributed by atoms with Gasteiger partial charge in [0.1, 0.15) is 0 Å². The summed E-state index contributed by atoms with van der Waals surface area (Å²) in [6.07, 6.45) is 2.56. The summed E-state index contributed by atoms with van der Waals surface area (Å²) in [5.74, 6) is 0.0826. The fraction of sp³-hybridized carbons (Fsp3) is 0.261. The van der Waals surface area contributed by atoms with Gasteiger partial charge in [-0.2, -0.15) is 0 Å². The number of aromatic nitrogens is 1. The number of nitrogens with one attached hydrogen (secondary N) is 1. The average Bonchev–Trinajstić information content (AvgIpc) is 3.15. The number of carbonyl (C=O) groups excluding carboxylic acids is 1. The standard InChI is InChI=1S/C23H25N3O/c27-23(14-19-8-3-1-4-9-19)24-15-22-18-25-13-7-12-21(25)17-26(22)16-20-10-5-2-6-11-20/h1-13,22H,14-18H2,(H,24,27). The van der Waals surface area contributed by atoms with E-state index < -0.39 is 0 Å². The van der Waals surface area contributed by atoms with Crippen molar-refractivity contribution in [3.05, 3.63) is 95.8 Å². The van der Waals surface area contributed by atoms with E-state index in [9.17, 15) is 4.79 Å². The zero-order valence-electron chi connectivity index (χ0n) is 15.4. The molecule has 1 amide bonds. The summed E-state index contributed by atoms with van der Waals surface area (Å²) in [7, 11) is 0. The molecule has 0 radical (unpaired) electrons. The maximum absolute atomic E-state index is 12.4. The highest BCUT2D eigenvalue weighted by Gasteiger charge is 2.26. The van der Waals surface area contributed by atoms with Crippen molar-refractivity contribution in [1.82, 2.24) is 14.8 Å². The van der Waals surface area contributed by atoms with Gasteiger partial charge in [-0.25, -0.2) is 0 Å². The first-order valence-electron chi connectivity index (χ1n) is 9.50. The summed E-state index contributed by atoms with van der Waals surface area (Å²) in [6.45, 7) is 3.36. The molecule has 1 atom stereocenters. The maximum atomic E-state index is 12.4. The number of carbonyl (C=O) groups is 1. The van der Waals surface area contributed by atoms with Crippen LogP contribution in [0.2, 0.25) is 0 Å². The highest BCUT2D eigenvalue weighted by molar-refractivity contribution is 5.78. The molecule has 1 aromatic heterocycles. The number of hydrogen-bond donors (Lipinski definition) is 1. The van der Waals surface area contributed by atoms with E-state index >= 15 is 0 Å². The topological polar surface area (TPSA) is 37.3 Å². The second-order valence-electron chi connectivity index (χ2n) is 7.16.